The molecule has 0 bridgehead atoms. The number of aryl methyl sites for hydroxylation is 1. The summed E-state index contributed by atoms with van der Waals surface area (Å²) in [5, 5.41) is 2.07. The molecule has 0 saturated carbocycles. The minimum Gasteiger partial charge on any atom is -0.493 e. The molecule has 3 rings (SSSR count). The Labute approximate surface area is 200 Å². The minimum atomic E-state index is -3.69. The number of nitrogens with zero attached hydrogens (tertiary/aromatic N) is 3. The van der Waals surface area contributed by atoms with Gasteiger partial charge in [-0.05, 0) is 49.9 Å². The zero-order valence-electron chi connectivity index (χ0n) is 19.9. The average molecular weight is 496 g/mol. The highest BCUT2D eigenvalue weighted by Crippen LogP contribution is 2.31. The number of carbonyl (C=O) groups is 1. The Morgan fingerprint density at radius 1 is 1.09 bits per heavy atom. The molecule has 0 N–H and O–H groups in total. The molecular weight excluding hydrogens is 462 g/mol. The summed E-state index contributed by atoms with van der Waals surface area (Å²) in [5.74, 6) is 0.863. The number of hydrogen-bond acceptors (Lipinski definition) is 7. The van der Waals surface area contributed by atoms with E-state index in [0.29, 0.717) is 31.1 Å². The van der Waals surface area contributed by atoms with E-state index in [1.807, 2.05) is 0 Å². The zero-order chi connectivity index (χ0) is 24.2. The van der Waals surface area contributed by atoms with Crippen molar-refractivity contribution in [1.29, 1.82) is 0 Å². The van der Waals surface area contributed by atoms with Gasteiger partial charge in [0.15, 0.2) is 11.5 Å². The third-order valence-corrected chi connectivity index (χ3v) is 8.87. The van der Waals surface area contributed by atoms with Crippen LogP contribution in [0.1, 0.15) is 24.3 Å². The van der Waals surface area contributed by atoms with Crippen LogP contribution in [0.15, 0.2) is 34.5 Å². The lowest BCUT2D eigenvalue weighted by molar-refractivity contribution is -0.134. The molecular formula is C23H33N3O5S2. The third kappa shape index (κ3) is 5.87. The van der Waals surface area contributed by atoms with Gasteiger partial charge in [0.2, 0.25) is 15.9 Å². The Kier molecular flexibility index (Phi) is 8.38. The fourth-order valence-corrected chi connectivity index (χ4v) is 6.12. The van der Waals surface area contributed by atoms with Gasteiger partial charge in [0.1, 0.15) is 0 Å². The van der Waals surface area contributed by atoms with E-state index in [0.717, 1.165) is 6.54 Å². The number of ether oxygens (including phenoxy) is 2. The molecule has 1 saturated heterocycles. The van der Waals surface area contributed by atoms with Gasteiger partial charge in [-0.3, -0.25) is 9.69 Å². The molecule has 0 atom stereocenters. The van der Waals surface area contributed by atoms with E-state index < -0.39 is 10.0 Å². The molecule has 182 valence electrons. The maximum Gasteiger partial charge on any atom is 0.243 e. The molecule has 1 amide bonds. The van der Waals surface area contributed by atoms with Crippen molar-refractivity contribution in [2.45, 2.75) is 38.3 Å². The van der Waals surface area contributed by atoms with Gasteiger partial charge in [0.05, 0.1) is 25.7 Å². The zero-order valence-corrected chi connectivity index (χ0v) is 21.5. The second kappa shape index (κ2) is 10.9. The predicted molar refractivity (Wildman–Crippen MR) is 129 cm³/mol. The number of methoxy groups -OCH3 is 2. The monoisotopic (exact) mass is 495 g/mol. The van der Waals surface area contributed by atoms with Crippen molar-refractivity contribution < 1.29 is 22.7 Å². The van der Waals surface area contributed by atoms with E-state index in [-0.39, 0.29) is 29.9 Å². The molecule has 10 heteroatoms. The Morgan fingerprint density at radius 2 is 1.76 bits per heavy atom. The molecule has 1 aliphatic heterocycles. The molecule has 0 radical (unpaired) electrons. The molecule has 33 heavy (non-hydrogen) atoms. The van der Waals surface area contributed by atoms with Gasteiger partial charge in [-0.25, -0.2) is 8.42 Å². The fourth-order valence-electron chi connectivity index (χ4n) is 3.75. The van der Waals surface area contributed by atoms with Crippen LogP contribution in [0, 0.1) is 6.92 Å². The number of benzene rings is 1. The van der Waals surface area contributed by atoms with Gasteiger partial charge in [-0.15, -0.1) is 11.3 Å². The summed E-state index contributed by atoms with van der Waals surface area (Å²) in [4.78, 5) is 18.3. The second-order valence-electron chi connectivity index (χ2n) is 8.33. The summed E-state index contributed by atoms with van der Waals surface area (Å²) < 4.78 is 38.1. The lowest BCUT2D eigenvalue weighted by atomic mass is 10.2. The average Bonchev–Trinajstić information content (AvgIpc) is 3.22. The highest BCUT2D eigenvalue weighted by atomic mass is 32.2. The van der Waals surface area contributed by atoms with Crippen LogP contribution in [-0.4, -0.2) is 81.4 Å². The van der Waals surface area contributed by atoms with Crippen molar-refractivity contribution >= 4 is 27.3 Å². The van der Waals surface area contributed by atoms with E-state index in [1.54, 1.807) is 22.3 Å². The van der Waals surface area contributed by atoms with Gasteiger partial charge in [0.25, 0.3) is 0 Å². The standard InChI is InChI=1S/C23H33N3O5S2/c1-17(2)25(15-22-18(3)8-13-32-22)16-23(27)24-9-11-26(12-10-24)33(28,29)19-6-7-20(30-4)21(14-19)31-5/h6-8,13-14,17H,9-12,15-16H2,1-5H3. The molecule has 2 heterocycles. The van der Waals surface area contributed by atoms with E-state index in [2.05, 4.69) is 37.1 Å². The first kappa shape index (κ1) is 25.5. The normalized spacial score (nSPS) is 15.3. The van der Waals surface area contributed by atoms with Crippen molar-refractivity contribution in [3.8, 4) is 11.5 Å². The van der Waals surface area contributed by atoms with Crippen LogP contribution >= 0.6 is 11.3 Å². The molecule has 1 aliphatic rings. The minimum absolute atomic E-state index is 0.0288. The topological polar surface area (TPSA) is 79.4 Å². The van der Waals surface area contributed by atoms with E-state index >= 15 is 0 Å². The largest absolute Gasteiger partial charge is 0.493 e. The Bertz CT molecular complexity index is 1060. The first-order chi connectivity index (χ1) is 15.7. The van der Waals surface area contributed by atoms with Gasteiger partial charge < -0.3 is 14.4 Å². The number of hydrogen-bond donors (Lipinski definition) is 0. The maximum atomic E-state index is 13.1. The Morgan fingerprint density at radius 3 is 2.30 bits per heavy atom. The number of carbonyl (C=O) groups excluding carboxylic acids is 1. The molecule has 8 nitrogen and oxygen atoms in total. The van der Waals surface area contributed by atoms with Crippen molar-refractivity contribution in [2.75, 3.05) is 46.9 Å². The summed E-state index contributed by atoms with van der Waals surface area (Å²) >= 11 is 1.71. The molecule has 0 unspecified atom stereocenters. The summed E-state index contributed by atoms with van der Waals surface area (Å²) in [6.07, 6.45) is 0. The number of rotatable bonds is 9. The molecule has 1 aromatic heterocycles. The van der Waals surface area contributed by atoms with Crippen molar-refractivity contribution in [3.05, 3.63) is 40.1 Å². The third-order valence-electron chi connectivity index (χ3n) is 5.97. The van der Waals surface area contributed by atoms with Gasteiger partial charge in [-0.1, -0.05) is 0 Å². The van der Waals surface area contributed by atoms with Crippen LogP contribution < -0.4 is 9.47 Å². The van der Waals surface area contributed by atoms with E-state index in [1.165, 1.54) is 41.1 Å². The summed E-state index contributed by atoms with van der Waals surface area (Å²) in [6, 6.07) is 6.89. The first-order valence-corrected chi connectivity index (χ1v) is 13.3. The number of piperazine rings is 1. The van der Waals surface area contributed by atoms with Crippen LogP contribution in [0.4, 0.5) is 0 Å². The summed E-state index contributed by atoms with van der Waals surface area (Å²) in [6.45, 7) is 8.57. The second-order valence-corrected chi connectivity index (χ2v) is 11.3. The summed E-state index contributed by atoms with van der Waals surface area (Å²) in [5.41, 5.74) is 1.24. The quantitative estimate of drug-likeness (QED) is 0.532. The number of amides is 1. The molecule has 1 fully saturated rings. The Balaban J connectivity index is 1.62. The SMILES string of the molecule is COc1ccc(S(=O)(=O)N2CCN(C(=O)CN(Cc3sccc3C)C(C)C)CC2)cc1OC. The number of thiophene rings is 1. The Hall–Kier alpha value is -2.14. The van der Waals surface area contributed by atoms with Crippen molar-refractivity contribution in [3.63, 3.8) is 0 Å². The van der Waals surface area contributed by atoms with E-state index in [4.69, 9.17) is 9.47 Å². The van der Waals surface area contributed by atoms with Crippen molar-refractivity contribution in [2.24, 2.45) is 0 Å². The maximum absolute atomic E-state index is 13.1. The fraction of sp³-hybridized carbons (Fsp3) is 0.522. The van der Waals surface area contributed by atoms with Gasteiger partial charge in [-0.2, -0.15) is 4.31 Å². The van der Waals surface area contributed by atoms with Gasteiger partial charge >= 0.3 is 0 Å². The van der Waals surface area contributed by atoms with Crippen LogP contribution in [-0.2, 0) is 21.4 Å². The lowest BCUT2D eigenvalue weighted by Gasteiger charge is -2.36. The van der Waals surface area contributed by atoms with Gasteiger partial charge in [0, 0.05) is 49.7 Å². The smallest absolute Gasteiger partial charge is 0.243 e. The highest BCUT2D eigenvalue weighted by Gasteiger charge is 2.31. The molecule has 2 aromatic rings. The van der Waals surface area contributed by atoms with Crippen molar-refractivity contribution in [1.82, 2.24) is 14.1 Å². The highest BCUT2D eigenvalue weighted by molar-refractivity contribution is 7.89. The van der Waals surface area contributed by atoms with Crippen LogP contribution in [0.3, 0.4) is 0 Å². The first-order valence-electron chi connectivity index (χ1n) is 10.9. The number of sulfonamides is 1. The molecule has 0 aliphatic carbocycles. The molecule has 1 aromatic carbocycles. The lowest BCUT2D eigenvalue weighted by Crippen LogP contribution is -2.53. The molecule has 0 spiro atoms. The summed E-state index contributed by atoms with van der Waals surface area (Å²) in [7, 11) is -0.718. The van der Waals surface area contributed by atoms with Crippen LogP contribution in [0.25, 0.3) is 0 Å². The van der Waals surface area contributed by atoms with E-state index in [9.17, 15) is 13.2 Å². The van der Waals surface area contributed by atoms with Crippen LogP contribution in [0.5, 0.6) is 11.5 Å². The van der Waals surface area contributed by atoms with Crippen LogP contribution in [0.2, 0.25) is 0 Å². The predicted octanol–water partition coefficient (Wildman–Crippen LogP) is 2.82.